The van der Waals surface area contributed by atoms with Crippen LogP contribution >= 0.6 is 0 Å². The Morgan fingerprint density at radius 2 is 2.14 bits per heavy atom. The number of hydrogen-bond donors (Lipinski definition) is 4. The van der Waals surface area contributed by atoms with Gasteiger partial charge in [-0.1, -0.05) is 0 Å². The number of aliphatic hydroxyl groups is 1. The maximum atomic E-state index is 12.3. The van der Waals surface area contributed by atoms with Gasteiger partial charge in [-0.05, 0) is 38.7 Å². The highest BCUT2D eigenvalue weighted by molar-refractivity contribution is 5.80. The SMILES string of the molecule is Cc1nn(C)c(C)c1CCC(=O)N[C@H]1C[C@H](C(=O)NCc2ncc[nH]2)C[C@@H]1O. The molecule has 4 N–H and O–H groups in total. The maximum absolute atomic E-state index is 12.3. The molecule has 1 aliphatic carbocycles. The molecular formula is C19H28N6O3. The number of imidazole rings is 1. The molecule has 3 atom stereocenters. The lowest BCUT2D eigenvalue weighted by Gasteiger charge is -2.16. The molecule has 1 aliphatic rings. The van der Waals surface area contributed by atoms with Gasteiger partial charge in [-0.2, -0.15) is 5.10 Å². The van der Waals surface area contributed by atoms with Crippen molar-refractivity contribution in [2.75, 3.05) is 0 Å². The second kappa shape index (κ2) is 8.55. The number of hydrogen-bond acceptors (Lipinski definition) is 5. The molecule has 0 saturated heterocycles. The molecule has 152 valence electrons. The van der Waals surface area contributed by atoms with Crippen molar-refractivity contribution in [1.82, 2.24) is 30.4 Å². The van der Waals surface area contributed by atoms with Crippen molar-refractivity contribution in [2.45, 2.75) is 58.2 Å². The predicted octanol–water partition coefficient (Wildman–Crippen LogP) is 0.265. The molecule has 1 fully saturated rings. The van der Waals surface area contributed by atoms with E-state index in [0.29, 0.717) is 38.1 Å². The lowest BCUT2D eigenvalue weighted by molar-refractivity contribution is -0.125. The standard InChI is InChI=1S/C19H28N6O3/c1-11-14(12(2)25(3)24-11)4-5-18(27)23-15-8-13(9-16(15)26)19(28)22-10-17-20-6-7-21-17/h6-7,13,15-16,26H,4-5,8-10H2,1-3H3,(H,20,21)(H,22,28)(H,23,27)/t13-,15-,16-/m0/s1. The summed E-state index contributed by atoms with van der Waals surface area (Å²) in [6.45, 7) is 4.24. The van der Waals surface area contributed by atoms with Gasteiger partial charge in [0.2, 0.25) is 11.8 Å². The summed E-state index contributed by atoms with van der Waals surface area (Å²) in [5.74, 6) is 0.105. The van der Waals surface area contributed by atoms with Crippen LogP contribution in [0.15, 0.2) is 12.4 Å². The van der Waals surface area contributed by atoms with Crippen molar-refractivity contribution in [3.05, 3.63) is 35.2 Å². The molecule has 0 spiro atoms. The Kier molecular flexibility index (Phi) is 6.13. The van der Waals surface area contributed by atoms with Gasteiger partial charge in [0.25, 0.3) is 0 Å². The fourth-order valence-electron chi connectivity index (χ4n) is 3.79. The smallest absolute Gasteiger partial charge is 0.223 e. The van der Waals surface area contributed by atoms with Crippen LogP contribution in [0, 0.1) is 19.8 Å². The average molecular weight is 388 g/mol. The van der Waals surface area contributed by atoms with E-state index < -0.39 is 12.1 Å². The first-order valence-corrected chi connectivity index (χ1v) is 9.57. The molecule has 2 aromatic heterocycles. The first-order valence-electron chi connectivity index (χ1n) is 9.57. The first-order chi connectivity index (χ1) is 13.3. The molecule has 2 amide bonds. The van der Waals surface area contributed by atoms with Crippen molar-refractivity contribution in [1.29, 1.82) is 0 Å². The predicted molar refractivity (Wildman–Crippen MR) is 102 cm³/mol. The molecule has 0 bridgehead atoms. The number of carbonyl (C=O) groups excluding carboxylic acids is 2. The van der Waals surface area contributed by atoms with Gasteiger partial charge < -0.3 is 20.7 Å². The van der Waals surface area contributed by atoms with Crippen LogP contribution in [-0.2, 0) is 29.6 Å². The maximum Gasteiger partial charge on any atom is 0.223 e. The third kappa shape index (κ3) is 4.59. The first kappa shape index (κ1) is 20.1. The van der Waals surface area contributed by atoms with Crippen LogP contribution in [0.3, 0.4) is 0 Å². The molecule has 0 aromatic carbocycles. The van der Waals surface area contributed by atoms with E-state index in [-0.39, 0.29) is 17.7 Å². The second-order valence-electron chi connectivity index (χ2n) is 7.44. The van der Waals surface area contributed by atoms with Crippen molar-refractivity contribution < 1.29 is 14.7 Å². The molecule has 1 saturated carbocycles. The van der Waals surface area contributed by atoms with E-state index in [1.54, 1.807) is 12.4 Å². The van der Waals surface area contributed by atoms with Gasteiger partial charge >= 0.3 is 0 Å². The van der Waals surface area contributed by atoms with E-state index in [1.807, 2.05) is 25.6 Å². The minimum atomic E-state index is -0.717. The molecule has 2 heterocycles. The fraction of sp³-hybridized carbons (Fsp3) is 0.579. The third-order valence-electron chi connectivity index (χ3n) is 5.49. The highest BCUT2D eigenvalue weighted by Gasteiger charge is 2.37. The summed E-state index contributed by atoms with van der Waals surface area (Å²) in [6.07, 6.45) is 4.31. The van der Waals surface area contributed by atoms with Crippen LogP contribution < -0.4 is 10.6 Å². The zero-order valence-corrected chi connectivity index (χ0v) is 16.5. The van der Waals surface area contributed by atoms with E-state index in [4.69, 9.17) is 0 Å². The molecule has 3 rings (SSSR count). The summed E-state index contributed by atoms with van der Waals surface area (Å²) in [6, 6.07) is -0.400. The number of aliphatic hydroxyl groups excluding tert-OH is 1. The van der Waals surface area contributed by atoms with E-state index in [9.17, 15) is 14.7 Å². The Morgan fingerprint density at radius 3 is 2.79 bits per heavy atom. The molecule has 0 radical (unpaired) electrons. The Balaban J connectivity index is 1.46. The van der Waals surface area contributed by atoms with Gasteiger partial charge in [-0.25, -0.2) is 4.98 Å². The Hall–Kier alpha value is -2.68. The van der Waals surface area contributed by atoms with Crippen LogP contribution in [0.1, 0.15) is 42.0 Å². The summed E-state index contributed by atoms with van der Waals surface area (Å²) in [7, 11) is 1.89. The zero-order chi connectivity index (χ0) is 20.3. The molecule has 2 aromatic rings. The highest BCUT2D eigenvalue weighted by Crippen LogP contribution is 2.26. The molecule has 28 heavy (non-hydrogen) atoms. The van der Waals surface area contributed by atoms with E-state index in [1.165, 1.54) is 0 Å². The van der Waals surface area contributed by atoms with Gasteiger partial charge in [-0.3, -0.25) is 14.3 Å². The Labute approximate surface area is 163 Å². The quantitative estimate of drug-likeness (QED) is 0.542. The summed E-state index contributed by atoms with van der Waals surface area (Å²) in [4.78, 5) is 31.6. The van der Waals surface area contributed by atoms with E-state index in [2.05, 4.69) is 25.7 Å². The Morgan fingerprint density at radius 1 is 1.36 bits per heavy atom. The summed E-state index contributed by atoms with van der Waals surface area (Å²) in [5, 5.41) is 20.3. The van der Waals surface area contributed by atoms with Crippen LogP contribution in [0.5, 0.6) is 0 Å². The van der Waals surface area contributed by atoms with Crippen molar-refractivity contribution in [3.63, 3.8) is 0 Å². The number of aromatic amines is 1. The number of nitrogens with zero attached hydrogens (tertiary/aromatic N) is 3. The molecule has 9 heteroatoms. The number of H-pyrrole nitrogens is 1. The number of carbonyl (C=O) groups is 2. The Bertz CT molecular complexity index is 829. The van der Waals surface area contributed by atoms with Gasteiger partial charge in [-0.15, -0.1) is 0 Å². The molecule has 9 nitrogen and oxygen atoms in total. The van der Waals surface area contributed by atoms with E-state index in [0.717, 1.165) is 17.0 Å². The number of amides is 2. The summed E-state index contributed by atoms with van der Waals surface area (Å²) in [5.41, 5.74) is 3.07. The van der Waals surface area contributed by atoms with Crippen LogP contribution in [0.2, 0.25) is 0 Å². The minimum Gasteiger partial charge on any atom is -0.391 e. The minimum absolute atomic E-state index is 0.122. The monoisotopic (exact) mass is 388 g/mol. The van der Waals surface area contributed by atoms with Crippen LogP contribution in [-0.4, -0.2) is 48.8 Å². The zero-order valence-electron chi connectivity index (χ0n) is 16.5. The number of nitrogens with one attached hydrogen (secondary N) is 3. The molecule has 0 unspecified atom stereocenters. The van der Waals surface area contributed by atoms with Crippen LogP contribution in [0.4, 0.5) is 0 Å². The van der Waals surface area contributed by atoms with Gasteiger partial charge in [0, 0.05) is 37.5 Å². The number of aromatic nitrogens is 4. The van der Waals surface area contributed by atoms with Gasteiger partial charge in [0.1, 0.15) is 5.82 Å². The number of rotatable bonds is 7. The topological polar surface area (TPSA) is 125 Å². The van der Waals surface area contributed by atoms with Gasteiger partial charge in [0.05, 0.1) is 24.4 Å². The van der Waals surface area contributed by atoms with E-state index >= 15 is 0 Å². The molecular weight excluding hydrogens is 360 g/mol. The summed E-state index contributed by atoms with van der Waals surface area (Å²) < 4.78 is 1.81. The van der Waals surface area contributed by atoms with Crippen molar-refractivity contribution in [2.24, 2.45) is 13.0 Å². The van der Waals surface area contributed by atoms with Crippen molar-refractivity contribution >= 4 is 11.8 Å². The van der Waals surface area contributed by atoms with Gasteiger partial charge in [0.15, 0.2) is 0 Å². The lowest BCUT2D eigenvalue weighted by Crippen LogP contribution is -2.40. The third-order valence-corrected chi connectivity index (χ3v) is 5.49. The lowest BCUT2D eigenvalue weighted by atomic mass is 10.1. The van der Waals surface area contributed by atoms with Crippen LogP contribution in [0.25, 0.3) is 0 Å². The second-order valence-corrected chi connectivity index (χ2v) is 7.44. The molecule has 0 aliphatic heterocycles. The summed E-state index contributed by atoms with van der Waals surface area (Å²) >= 11 is 0. The van der Waals surface area contributed by atoms with Crippen molar-refractivity contribution in [3.8, 4) is 0 Å². The highest BCUT2D eigenvalue weighted by atomic mass is 16.3. The average Bonchev–Trinajstić information content (AvgIpc) is 3.34. The fourth-order valence-corrected chi connectivity index (χ4v) is 3.79. The number of aryl methyl sites for hydroxylation is 2. The largest absolute Gasteiger partial charge is 0.391 e. The normalized spacial score (nSPS) is 21.6.